The summed E-state index contributed by atoms with van der Waals surface area (Å²) in [7, 11) is 0. The molecule has 21 heavy (non-hydrogen) atoms. The lowest BCUT2D eigenvalue weighted by Crippen LogP contribution is -2.03. The molecule has 0 aliphatic rings. The molecule has 2 N–H and O–H groups in total. The van der Waals surface area contributed by atoms with E-state index >= 15 is 0 Å². The molecule has 0 radical (unpaired) electrons. The van der Waals surface area contributed by atoms with Crippen molar-refractivity contribution in [1.29, 1.82) is 0 Å². The molecule has 0 saturated carbocycles. The van der Waals surface area contributed by atoms with Crippen LogP contribution in [0.3, 0.4) is 0 Å². The van der Waals surface area contributed by atoms with Gasteiger partial charge in [-0.2, -0.15) is 5.10 Å². The minimum Gasteiger partial charge on any atom is -0.435 e. The zero-order valence-corrected chi connectivity index (χ0v) is 12.2. The predicted molar refractivity (Wildman–Crippen MR) is 83.5 cm³/mol. The first-order valence-electron chi connectivity index (χ1n) is 7.05. The van der Waals surface area contributed by atoms with Gasteiger partial charge in [0.05, 0.1) is 5.69 Å². The predicted octanol–water partition coefficient (Wildman–Crippen LogP) is 3.52. The van der Waals surface area contributed by atoms with Crippen molar-refractivity contribution in [3.05, 3.63) is 42.2 Å². The molecule has 0 aliphatic heterocycles. The van der Waals surface area contributed by atoms with E-state index in [2.05, 4.69) is 17.0 Å². The number of para-hydroxylation sites is 1. The zero-order valence-electron chi connectivity index (χ0n) is 12.2. The van der Waals surface area contributed by atoms with Crippen LogP contribution in [0.25, 0.3) is 10.9 Å². The first-order valence-corrected chi connectivity index (χ1v) is 7.05. The molecule has 0 spiro atoms. The monoisotopic (exact) mass is 282 g/mol. The van der Waals surface area contributed by atoms with E-state index in [1.807, 2.05) is 41.9 Å². The van der Waals surface area contributed by atoms with Crippen molar-refractivity contribution in [2.75, 3.05) is 5.73 Å². The summed E-state index contributed by atoms with van der Waals surface area (Å²) >= 11 is 0. The molecule has 0 bridgehead atoms. The van der Waals surface area contributed by atoms with Crippen LogP contribution in [0.1, 0.15) is 19.0 Å². The number of nitrogens with zero attached hydrogens (tertiary/aromatic N) is 3. The van der Waals surface area contributed by atoms with Crippen LogP contribution in [-0.4, -0.2) is 14.8 Å². The third kappa shape index (κ3) is 2.42. The van der Waals surface area contributed by atoms with Crippen molar-refractivity contribution in [3.8, 4) is 11.6 Å². The van der Waals surface area contributed by atoms with Gasteiger partial charge in [0.2, 0.25) is 5.88 Å². The number of anilines is 1. The van der Waals surface area contributed by atoms with Crippen LogP contribution in [0.4, 0.5) is 5.69 Å². The summed E-state index contributed by atoms with van der Waals surface area (Å²) in [5.74, 6) is 1.28. The molecule has 108 valence electrons. The van der Waals surface area contributed by atoms with Crippen LogP contribution in [0.5, 0.6) is 11.6 Å². The van der Waals surface area contributed by atoms with Gasteiger partial charge in [-0.1, -0.05) is 25.1 Å². The number of rotatable bonds is 4. The van der Waals surface area contributed by atoms with Crippen molar-refractivity contribution in [2.45, 2.75) is 26.8 Å². The molecule has 5 nitrogen and oxygen atoms in total. The second kappa shape index (κ2) is 5.44. The smallest absolute Gasteiger partial charge is 0.241 e. The number of nitrogens with two attached hydrogens (primary N) is 1. The van der Waals surface area contributed by atoms with Crippen molar-refractivity contribution < 1.29 is 4.74 Å². The highest BCUT2D eigenvalue weighted by atomic mass is 16.5. The van der Waals surface area contributed by atoms with E-state index in [1.54, 1.807) is 6.20 Å². The highest BCUT2D eigenvalue weighted by Crippen LogP contribution is 2.33. The van der Waals surface area contributed by atoms with Gasteiger partial charge in [0.25, 0.3) is 0 Å². The maximum Gasteiger partial charge on any atom is 0.241 e. The summed E-state index contributed by atoms with van der Waals surface area (Å²) in [6.07, 6.45) is 2.72. The highest BCUT2D eigenvalue weighted by molar-refractivity contribution is 5.84. The summed E-state index contributed by atoms with van der Waals surface area (Å²) in [6.45, 7) is 4.75. The van der Waals surface area contributed by atoms with E-state index in [0.717, 1.165) is 29.6 Å². The van der Waals surface area contributed by atoms with Crippen LogP contribution in [-0.2, 0) is 6.54 Å². The Kier molecular flexibility index (Phi) is 3.48. The fourth-order valence-electron chi connectivity index (χ4n) is 2.31. The molecular weight excluding hydrogens is 264 g/mol. The van der Waals surface area contributed by atoms with Gasteiger partial charge in [-0.15, -0.1) is 0 Å². The van der Waals surface area contributed by atoms with Crippen LogP contribution in [0.15, 0.2) is 36.5 Å². The van der Waals surface area contributed by atoms with Crippen molar-refractivity contribution in [3.63, 3.8) is 0 Å². The second-order valence-electron chi connectivity index (χ2n) is 4.96. The summed E-state index contributed by atoms with van der Waals surface area (Å²) in [5, 5.41) is 5.46. The molecule has 3 rings (SSSR count). The molecule has 0 amide bonds. The number of nitrogen functional groups attached to an aromatic ring is 1. The Balaban J connectivity index is 2.06. The lowest BCUT2D eigenvalue weighted by atomic mass is 10.2. The van der Waals surface area contributed by atoms with Crippen LogP contribution in [0.2, 0.25) is 0 Å². The van der Waals surface area contributed by atoms with Gasteiger partial charge < -0.3 is 10.5 Å². The normalized spacial score (nSPS) is 11.0. The van der Waals surface area contributed by atoms with E-state index in [0.29, 0.717) is 17.3 Å². The Morgan fingerprint density at radius 1 is 1.24 bits per heavy atom. The first-order chi connectivity index (χ1) is 10.2. The lowest BCUT2D eigenvalue weighted by molar-refractivity contribution is 0.413. The van der Waals surface area contributed by atoms with Crippen LogP contribution in [0, 0.1) is 6.92 Å². The molecule has 2 aromatic heterocycles. The Hall–Kier alpha value is -2.56. The minimum absolute atomic E-state index is 0.580. The van der Waals surface area contributed by atoms with E-state index in [4.69, 9.17) is 10.5 Å². The van der Waals surface area contributed by atoms with E-state index in [-0.39, 0.29) is 0 Å². The molecule has 0 aliphatic carbocycles. The van der Waals surface area contributed by atoms with Gasteiger partial charge in [-0.05, 0) is 25.5 Å². The summed E-state index contributed by atoms with van der Waals surface area (Å²) in [4.78, 5) is 4.39. The quantitative estimate of drug-likeness (QED) is 0.795. The molecule has 5 heteroatoms. The van der Waals surface area contributed by atoms with E-state index in [9.17, 15) is 0 Å². The lowest BCUT2D eigenvalue weighted by Gasteiger charge is -2.10. The molecule has 0 saturated heterocycles. The Morgan fingerprint density at radius 2 is 2.05 bits per heavy atom. The van der Waals surface area contributed by atoms with Crippen molar-refractivity contribution in [2.24, 2.45) is 0 Å². The van der Waals surface area contributed by atoms with E-state index in [1.165, 1.54) is 0 Å². The van der Waals surface area contributed by atoms with Crippen molar-refractivity contribution in [1.82, 2.24) is 14.8 Å². The van der Waals surface area contributed by atoms with Gasteiger partial charge >= 0.3 is 0 Å². The third-order valence-corrected chi connectivity index (χ3v) is 3.36. The largest absolute Gasteiger partial charge is 0.435 e. The molecule has 2 heterocycles. The number of fused-ring (bicyclic) bond motifs is 1. The van der Waals surface area contributed by atoms with Crippen molar-refractivity contribution >= 4 is 16.6 Å². The number of hydrogen-bond donors (Lipinski definition) is 1. The Bertz CT molecular complexity index is 774. The summed E-state index contributed by atoms with van der Waals surface area (Å²) in [5.41, 5.74) is 8.28. The number of aryl methyl sites for hydroxylation is 2. The maximum atomic E-state index is 6.10. The number of aromatic nitrogens is 3. The average molecular weight is 282 g/mol. The minimum atomic E-state index is 0.580. The Labute approximate surface area is 123 Å². The standard InChI is InChI=1S/C16H18N4O/c1-3-10-20-16(14(17)11(2)19-20)21-13-8-4-6-12-7-5-9-18-15(12)13/h4-9H,3,10,17H2,1-2H3. The third-order valence-electron chi connectivity index (χ3n) is 3.36. The SMILES string of the molecule is CCCn1nc(C)c(N)c1Oc1cccc2cccnc12. The summed E-state index contributed by atoms with van der Waals surface area (Å²) in [6, 6.07) is 9.77. The molecular formula is C16H18N4O. The maximum absolute atomic E-state index is 6.10. The number of ether oxygens (including phenoxy) is 1. The van der Waals surface area contributed by atoms with Crippen LogP contribution >= 0.6 is 0 Å². The fraction of sp³-hybridized carbons (Fsp3) is 0.250. The van der Waals surface area contributed by atoms with E-state index < -0.39 is 0 Å². The highest BCUT2D eigenvalue weighted by Gasteiger charge is 2.15. The topological polar surface area (TPSA) is 66.0 Å². The van der Waals surface area contributed by atoms with Crippen LogP contribution < -0.4 is 10.5 Å². The summed E-state index contributed by atoms with van der Waals surface area (Å²) < 4.78 is 7.85. The Morgan fingerprint density at radius 3 is 2.86 bits per heavy atom. The van der Waals surface area contributed by atoms with Gasteiger partial charge in [0.15, 0.2) is 5.75 Å². The second-order valence-corrected chi connectivity index (χ2v) is 4.96. The average Bonchev–Trinajstić information content (AvgIpc) is 2.76. The molecule has 0 fully saturated rings. The number of benzene rings is 1. The van der Waals surface area contributed by atoms with Gasteiger partial charge in [-0.25, -0.2) is 4.68 Å². The molecule has 0 unspecified atom stereocenters. The number of hydrogen-bond acceptors (Lipinski definition) is 4. The fourth-order valence-corrected chi connectivity index (χ4v) is 2.31. The number of pyridine rings is 1. The molecule has 3 aromatic rings. The van der Waals surface area contributed by atoms with Gasteiger partial charge in [-0.3, -0.25) is 4.98 Å². The molecule has 0 atom stereocenters. The van der Waals surface area contributed by atoms with Gasteiger partial charge in [0, 0.05) is 18.1 Å². The first kappa shape index (κ1) is 13.4. The van der Waals surface area contributed by atoms with Gasteiger partial charge in [0.1, 0.15) is 11.2 Å². The molecule has 1 aromatic carbocycles. The zero-order chi connectivity index (χ0) is 14.8.